The van der Waals surface area contributed by atoms with E-state index in [2.05, 4.69) is 40.7 Å². The lowest BCUT2D eigenvalue weighted by Crippen LogP contribution is -2.68. The normalized spacial score (nSPS) is 55.8. The highest BCUT2D eigenvalue weighted by Gasteiger charge is 2.72. The number of hydrogen-bond acceptors (Lipinski definition) is 22. The summed E-state index contributed by atoms with van der Waals surface area (Å²) in [6.07, 6.45) is -22.5. The molecule has 0 radical (unpaired) electrons. The Morgan fingerprint density at radius 1 is 0.613 bits per heavy atom. The molecule has 0 aromatic heterocycles. The Bertz CT molecular complexity index is 2080. The number of ether oxygens (including phenoxy) is 8. The molecule has 22 nitrogen and oxygen atoms in total. The van der Waals surface area contributed by atoms with Crippen LogP contribution in [-0.4, -0.2) is 221 Å². The summed E-state index contributed by atoms with van der Waals surface area (Å²) in [6.45, 7) is 14.7. The summed E-state index contributed by atoms with van der Waals surface area (Å²) in [5.74, 6) is -1.27. The van der Waals surface area contributed by atoms with Gasteiger partial charge in [0.05, 0.1) is 43.0 Å². The van der Waals surface area contributed by atoms with Gasteiger partial charge in [0.15, 0.2) is 18.9 Å². The fraction of sp³-hybridized carbons (Fsp3) is 0.943. The standard InChI is InChI=1S/C53H86O22/c1-22-11-16-53(47(66)75-44-38(64)36(62)33(59)26(19-54)70-44)18-17-50(6)24(42(53)52(22,8)67)9-10-29-49(5)14-13-30(48(3,4)28(49)12-15-51(29,50)7)72-45-39(65)40(34(60)27(20-55)71-45)73-46-41(32(58)25(56)21-68-46)74-43-37(63)35(61)31(57)23(2)69-43/h9,22-23,25-46,54-65,67H,10-21H2,1-8H3. The third-order valence-electron chi connectivity index (χ3n) is 21.4. The van der Waals surface area contributed by atoms with Gasteiger partial charge in [0.1, 0.15) is 85.5 Å². The van der Waals surface area contributed by atoms with Crippen molar-refractivity contribution in [3.05, 3.63) is 11.6 Å². The first-order valence-electron chi connectivity index (χ1n) is 27.3. The predicted octanol–water partition coefficient (Wildman–Crippen LogP) is -1.40. The molecule has 9 aliphatic rings. The van der Waals surface area contributed by atoms with E-state index in [4.69, 9.17) is 37.9 Å². The molecule has 4 saturated heterocycles. The zero-order chi connectivity index (χ0) is 54.9. The Balaban J connectivity index is 0.938. The largest absolute Gasteiger partial charge is 0.432 e. The summed E-state index contributed by atoms with van der Waals surface area (Å²) in [5, 5.41) is 141. The van der Waals surface area contributed by atoms with Crippen molar-refractivity contribution in [3.63, 3.8) is 0 Å². The van der Waals surface area contributed by atoms with Gasteiger partial charge in [-0.2, -0.15) is 0 Å². The van der Waals surface area contributed by atoms with Crippen LogP contribution in [0, 0.1) is 50.7 Å². The van der Waals surface area contributed by atoms with Crippen LogP contribution in [0.25, 0.3) is 0 Å². The van der Waals surface area contributed by atoms with Crippen molar-refractivity contribution in [1.82, 2.24) is 0 Å². The molecular weight excluding hydrogens is 989 g/mol. The maximum atomic E-state index is 14.8. The second-order valence-corrected chi connectivity index (χ2v) is 25.5. The van der Waals surface area contributed by atoms with Gasteiger partial charge in [0, 0.05) is 5.92 Å². The molecule has 29 atom stereocenters. The van der Waals surface area contributed by atoms with E-state index in [1.165, 1.54) is 6.92 Å². The lowest BCUT2D eigenvalue weighted by molar-refractivity contribution is -0.382. The molecular formula is C53H86O22. The van der Waals surface area contributed by atoms with Gasteiger partial charge in [-0.25, -0.2) is 0 Å². The third kappa shape index (κ3) is 9.12. The molecule has 5 aliphatic carbocycles. The van der Waals surface area contributed by atoms with Crippen molar-refractivity contribution in [2.45, 2.75) is 242 Å². The Morgan fingerprint density at radius 3 is 1.91 bits per heavy atom. The Kier molecular flexibility index (Phi) is 16.1. The van der Waals surface area contributed by atoms with Crippen LogP contribution in [0.5, 0.6) is 0 Å². The number of allylic oxidation sites excluding steroid dienone is 1. The van der Waals surface area contributed by atoms with Crippen LogP contribution in [0.4, 0.5) is 0 Å². The van der Waals surface area contributed by atoms with Crippen LogP contribution in [0.15, 0.2) is 11.6 Å². The van der Waals surface area contributed by atoms with Crippen LogP contribution < -0.4 is 0 Å². The molecule has 22 heteroatoms. The molecule has 430 valence electrons. The molecule has 0 amide bonds. The highest BCUT2D eigenvalue weighted by atomic mass is 16.8. The summed E-state index contributed by atoms with van der Waals surface area (Å²) >= 11 is 0. The van der Waals surface area contributed by atoms with Crippen molar-refractivity contribution in [2.24, 2.45) is 50.7 Å². The van der Waals surface area contributed by atoms with Crippen LogP contribution in [-0.2, 0) is 42.7 Å². The van der Waals surface area contributed by atoms with E-state index in [0.717, 1.165) is 24.8 Å². The molecule has 13 N–H and O–H groups in total. The molecule has 0 aromatic carbocycles. The first-order chi connectivity index (χ1) is 35.0. The number of esters is 1. The molecule has 75 heavy (non-hydrogen) atoms. The third-order valence-corrected chi connectivity index (χ3v) is 21.4. The second-order valence-electron chi connectivity index (χ2n) is 25.5. The highest BCUT2D eigenvalue weighted by molar-refractivity contribution is 5.79. The van der Waals surface area contributed by atoms with Crippen LogP contribution in [0.2, 0.25) is 0 Å². The maximum Gasteiger partial charge on any atom is 0.315 e. The monoisotopic (exact) mass is 1070 g/mol. The molecule has 0 aromatic rings. The van der Waals surface area contributed by atoms with E-state index in [-0.39, 0.29) is 28.6 Å². The van der Waals surface area contributed by atoms with E-state index in [9.17, 15) is 71.2 Å². The summed E-state index contributed by atoms with van der Waals surface area (Å²) in [5.41, 5.74) is -3.08. The van der Waals surface area contributed by atoms with Crippen molar-refractivity contribution < 1.29 is 109 Å². The fourth-order valence-corrected chi connectivity index (χ4v) is 16.4. The smallest absolute Gasteiger partial charge is 0.315 e. The molecule has 4 heterocycles. The van der Waals surface area contributed by atoms with Gasteiger partial charge >= 0.3 is 5.97 Å². The van der Waals surface area contributed by atoms with Crippen LogP contribution in [0.3, 0.4) is 0 Å². The van der Waals surface area contributed by atoms with Gasteiger partial charge in [-0.15, -0.1) is 0 Å². The zero-order valence-electron chi connectivity index (χ0n) is 44.4. The van der Waals surface area contributed by atoms with Crippen molar-refractivity contribution >= 4 is 5.97 Å². The molecule has 8 fully saturated rings. The van der Waals surface area contributed by atoms with Gasteiger partial charge in [0.25, 0.3) is 0 Å². The minimum Gasteiger partial charge on any atom is -0.432 e. The summed E-state index contributed by atoms with van der Waals surface area (Å²) in [7, 11) is 0. The van der Waals surface area contributed by atoms with Crippen LogP contribution >= 0.6 is 0 Å². The average molecular weight is 1080 g/mol. The molecule has 0 spiro atoms. The van der Waals surface area contributed by atoms with Crippen LogP contribution in [0.1, 0.15) is 113 Å². The number of hydrogen-bond donors (Lipinski definition) is 13. The number of rotatable bonds is 10. The van der Waals surface area contributed by atoms with E-state index in [1.54, 1.807) is 6.92 Å². The fourth-order valence-electron chi connectivity index (χ4n) is 16.4. The lowest BCUT2D eigenvalue weighted by atomic mass is 9.33. The molecule has 9 rings (SSSR count). The molecule has 29 unspecified atom stereocenters. The average Bonchev–Trinajstić information content (AvgIpc) is 3.36. The number of aliphatic hydroxyl groups is 13. The second kappa shape index (κ2) is 20.7. The van der Waals surface area contributed by atoms with E-state index < -0.39 is 176 Å². The SMILES string of the molecule is CC1OC(OC2C(OC3C(O)C(CO)OC(OC4CCC5(C)C(CCC6(C)C5CC=C5C7C(C(=O)OC8OC(CO)C(O)C(O)C8O)(CCC(C)C7(C)O)CCC56C)C4(C)C)C3O)OCC(O)C2O)C(O)C(O)C1O. The van der Waals surface area contributed by atoms with Gasteiger partial charge in [-0.3, -0.25) is 4.79 Å². The van der Waals surface area contributed by atoms with E-state index in [1.807, 2.05) is 6.92 Å². The summed E-state index contributed by atoms with van der Waals surface area (Å²) in [6, 6.07) is 0. The summed E-state index contributed by atoms with van der Waals surface area (Å²) in [4.78, 5) is 14.8. The molecule has 4 saturated carbocycles. The van der Waals surface area contributed by atoms with Crippen molar-refractivity contribution in [3.8, 4) is 0 Å². The van der Waals surface area contributed by atoms with Gasteiger partial charge in [-0.05, 0) is 111 Å². The number of carbonyl (C=O) groups is 1. The predicted molar refractivity (Wildman–Crippen MR) is 257 cm³/mol. The van der Waals surface area contributed by atoms with E-state index >= 15 is 0 Å². The first-order valence-corrected chi connectivity index (χ1v) is 27.3. The number of aliphatic hydroxyl groups excluding tert-OH is 12. The molecule has 0 bridgehead atoms. The van der Waals surface area contributed by atoms with Gasteiger partial charge in [-0.1, -0.05) is 53.2 Å². The molecule has 4 aliphatic heterocycles. The summed E-state index contributed by atoms with van der Waals surface area (Å²) < 4.78 is 47.8. The van der Waals surface area contributed by atoms with E-state index in [0.29, 0.717) is 38.5 Å². The maximum absolute atomic E-state index is 14.8. The Labute approximate surface area is 437 Å². The number of carbonyl (C=O) groups excluding carboxylic acids is 1. The minimum atomic E-state index is -1.78. The minimum absolute atomic E-state index is 0.0857. The Hall–Kier alpha value is -1.59. The quantitative estimate of drug-likeness (QED) is 0.0680. The highest BCUT2D eigenvalue weighted by Crippen LogP contribution is 2.76. The zero-order valence-corrected chi connectivity index (χ0v) is 44.4. The van der Waals surface area contributed by atoms with Gasteiger partial charge in [0.2, 0.25) is 6.29 Å². The lowest BCUT2D eigenvalue weighted by Gasteiger charge is -2.72. The number of fused-ring (bicyclic) bond motifs is 7. The van der Waals surface area contributed by atoms with Crippen molar-refractivity contribution in [2.75, 3.05) is 19.8 Å². The first kappa shape index (κ1) is 58.1. The van der Waals surface area contributed by atoms with Crippen molar-refractivity contribution in [1.29, 1.82) is 0 Å². The Morgan fingerprint density at radius 2 is 1.23 bits per heavy atom. The van der Waals surface area contributed by atoms with Gasteiger partial charge < -0.3 is 104 Å². The topological polar surface area (TPSA) is 354 Å².